The minimum Gasteiger partial charge on any atom is -0.445 e. The number of amides is 1. The lowest BCUT2D eigenvalue weighted by atomic mass is 9.81. The topological polar surface area (TPSA) is 29.5 Å². The second-order valence-electron chi connectivity index (χ2n) is 5.21. The van der Waals surface area contributed by atoms with E-state index in [1.165, 1.54) is 4.90 Å². The van der Waals surface area contributed by atoms with Gasteiger partial charge in [-0.3, -0.25) is 0 Å². The van der Waals surface area contributed by atoms with Gasteiger partial charge in [0.2, 0.25) is 5.92 Å². The second-order valence-corrected chi connectivity index (χ2v) is 5.21. The molecule has 0 unspecified atom stereocenters. The quantitative estimate of drug-likeness (QED) is 0.824. The first kappa shape index (κ1) is 14.8. The van der Waals surface area contributed by atoms with E-state index in [1.807, 2.05) is 37.3 Å². The maximum Gasteiger partial charge on any atom is 0.410 e. The Morgan fingerprint density at radius 2 is 2.00 bits per heavy atom. The lowest BCUT2D eigenvalue weighted by Crippen LogP contribution is -2.44. The fourth-order valence-corrected chi connectivity index (χ4v) is 2.37. The first-order chi connectivity index (χ1) is 9.50. The molecule has 1 aromatic rings. The number of halogens is 2. The van der Waals surface area contributed by atoms with Gasteiger partial charge in [-0.15, -0.1) is 0 Å². The van der Waals surface area contributed by atoms with Crippen molar-refractivity contribution in [1.29, 1.82) is 0 Å². The van der Waals surface area contributed by atoms with Crippen LogP contribution in [0.25, 0.3) is 0 Å². The molecule has 0 aliphatic heterocycles. The van der Waals surface area contributed by atoms with Crippen molar-refractivity contribution in [3.8, 4) is 0 Å². The molecule has 1 fully saturated rings. The molecule has 1 amide bonds. The van der Waals surface area contributed by atoms with Gasteiger partial charge >= 0.3 is 6.09 Å². The van der Waals surface area contributed by atoms with E-state index in [2.05, 4.69) is 0 Å². The Kier molecular flexibility index (Phi) is 4.57. The number of alkyl halides is 2. The Bertz CT molecular complexity index is 442. The van der Waals surface area contributed by atoms with Gasteiger partial charge in [0.1, 0.15) is 6.61 Å². The molecule has 0 heterocycles. The van der Waals surface area contributed by atoms with Crippen LogP contribution in [-0.2, 0) is 11.3 Å². The van der Waals surface area contributed by atoms with E-state index in [0.717, 1.165) is 5.56 Å². The molecule has 0 saturated heterocycles. The summed E-state index contributed by atoms with van der Waals surface area (Å²) in [6.45, 7) is 2.84. The summed E-state index contributed by atoms with van der Waals surface area (Å²) in [5.74, 6) is -2.66. The molecule has 20 heavy (non-hydrogen) atoms. The molecule has 0 aromatic heterocycles. The fraction of sp³-hybridized carbons (Fsp3) is 0.533. The Hall–Kier alpha value is -1.65. The SMILES string of the molecule is CCN(CC1CC(F)(F)C1)C(=O)OCc1ccccc1. The molecule has 3 nitrogen and oxygen atoms in total. The monoisotopic (exact) mass is 283 g/mol. The molecule has 0 bridgehead atoms. The summed E-state index contributed by atoms with van der Waals surface area (Å²) in [6.07, 6.45) is -0.697. The van der Waals surface area contributed by atoms with Gasteiger partial charge in [-0.2, -0.15) is 0 Å². The lowest BCUT2D eigenvalue weighted by molar-refractivity contribution is -0.115. The largest absolute Gasteiger partial charge is 0.445 e. The molecule has 5 heteroatoms. The molecule has 1 aliphatic carbocycles. The molecule has 0 spiro atoms. The van der Waals surface area contributed by atoms with Crippen LogP contribution < -0.4 is 0 Å². The van der Waals surface area contributed by atoms with Gasteiger partial charge < -0.3 is 9.64 Å². The highest BCUT2D eigenvalue weighted by Gasteiger charge is 2.45. The first-order valence-corrected chi connectivity index (χ1v) is 6.83. The van der Waals surface area contributed by atoms with E-state index < -0.39 is 12.0 Å². The number of carbonyl (C=O) groups excluding carboxylic acids is 1. The maximum atomic E-state index is 12.8. The smallest absolute Gasteiger partial charge is 0.410 e. The summed E-state index contributed by atoms with van der Waals surface area (Å²) in [5.41, 5.74) is 0.909. The molecule has 1 saturated carbocycles. The zero-order valence-corrected chi connectivity index (χ0v) is 11.5. The summed E-state index contributed by atoms with van der Waals surface area (Å²) in [4.78, 5) is 13.4. The number of hydrogen-bond donors (Lipinski definition) is 0. The van der Waals surface area contributed by atoms with E-state index >= 15 is 0 Å². The van der Waals surface area contributed by atoms with Gasteiger partial charge in [0.15, 0.2) is 0 Å². The minimum absolute atomic E-state index is 0.116. The van der Waals surface area contributed by atoms with Crippen LogP contribution >= 0.6 is 0 Å². The predicted molar refractivity (Wildman–Crippen MR) is 71.5 cm³/mol. The van der Waals surface area contributed by atoms with Crippen molar-refractivity contribution in [2.24, 2.45) is 5.92 Å². The van der Waals surface area contributed by atoms with Crippen molar-refractivity contribution in [3.05, 3.63) is 35.9 Å². The normalized spacial score (nSPS) is 17.4. The average molecular weight is 283 g/mol. The van der Waals surface area contributed by atoms with Crippen LogP contribution in [0.3, 0.4) is 0 Å². The molecule has 1 aliphatic rings. The number of nitrogens with zero attached hydrogens (tertiary/aromatic N) is 1. The summed E-state index contributed by atoms with van der Waals surface area (Å²) >= 11 is 0. The molecule has 0 radical (unpaired) electrons. The summed E-state index contributed by atoms with van der Waals surface area (Å²) in [7, 11) is 0. The van der Waals surface area contributed by atoms with Gasteiger partial charge in [-0.05, 0) is 18.4 Å². The van der Waals surface area contributed by atoms with Crippen LogP contribution in [0.4, 0.5) is 13.6 Å². The number of carbonyl (C=O) groups is 1. The number of benzene rings is 1. The van der Waals surface area contributed by atoms with E-state index in [4.69, 9.17) is 4.74 Å². The first-order valence-electron chi connectivity index (χ1n) is 6.83. The van der Waals surface area contributed by atoms with Crippen LogP contribution in [0.5, 0.6) is 0 Å². The Morgan fingerprint density at radius 1 is 1.35 bits per heavy atom. The molecule has 110 valence electrons. The highest BCUT2D eigenvalue weighted by Crippen LogP contribution is 2.42. The lowest BCUT2D eigenvalue weighted by Gasteiger charge is -2.37. The minimum atomic E-state index is -2.54. The fourth-order valence-electron chi connectivity index (χ4n) is 2.37. The van der Waals surface area contributed by atoms with Crippen LogP contribution in [-0.4, -0.2) is 30.0 Å². The molecular formula is C15H19F2NO2. The van der Waals surface area contributed by atoms with Gasteiger partial charge in [0, 0.05) is 25.9 Å². The predicted octanol–water partition coefficient (Wildman–Crippen LogP) is 3.69. The summed E-state index contributed by atoms with van der Waals surface area (Å²) < 4.78 is 30.8. The second kappa shape index (κ2) is 6.20. The van der Waals surface area contributed by atoms with E-state index in [-0.39, 0.29) is 25.4 Å². The average Bonchev–Trinajstić information content (AvgIpc) is 2.41. The van der Waals surface area contributed by atoms with Gasteiger partial charge in [0.05, 0.1) is 0 Å². The van der Waals surface area contributed by atoms with Crippen LogP contribution in [0.2, 0.25) is 0 Å². The third-order valence-corrected chi connectivity index (χ3v) is 3.50. The standard InChI is InChI=1S/C15H19F2NO2/c1-2-18(10-13-8-15(16,17)9-13)14(19)20-11-12-6-4-3-5-7-12/h3-7,13H,2,8-11H2,1H3. The number of ether oxygens (including phenoxy) is 1. The zero-order valence-electron chi connectivity index (χ0n) is 11.5. The van der Waals surface area contributed by atoms with E-state index in [1.54, 1.807) is 0 Å². The van der Waals surface area contributed by atoms with E-state index in [0.29, 0.717) is 13.1 Å². The van der Waals surface area contributed by atoms with Crippen molar-refractivity contribution >= 4 is 6.09 Å². The van der Waals surface area contributed by atoms with Crippen LogP contribution in [0, 0.1) is 5.92 Å². The molecule has 2 rings (SSSR count). The van der Waals surface area contributed by atoms with Gasteiger partial charge in [-0.25, -0.2) is 13.6 Å². The van der Waals surface area contributed by atoms with Crippen molar-refractivity contribution in [2.75, 3.05) is 13.1 Å². The number of rotatable bonds is 5. The molecule has 0 atom stereocenters. The summed E-state index contributed by atoms with van der Waals surface area (Å²) in [6, 6.07) is 9.38. The number of hydrogen-bond acceptors (Lipinski definition) is 2. The Balaban J connectivity index is 1.77. The highest BCUT2D eigenvalue weighted by molar-refractivity contribution is 5.67. The van der Waals surface area contributed by atoms with Crippen molar-refractivity contribution < 1.29 is 18.3 Å². The third-order valence-electron chi connectivity index (χ3n) is 3.50. The molecule has 1 aromatic carbocycles. The highest BCUT2D eigenvalue weighted by atomic mass is 19.3. The van der Waals surface area contributed by atoms with Crippen molar-refractivity contribution in [1.82, 2.24) is 4.90 Å². The Morgan fingerprint density at radius 3 is 2.55 bits per heavy atom. The van der Waals surface area contributed by atoms with Crippen molar-refractivity contribution in [2.45, 2.75) is 32.3 Å². The van der Waals surface area contributed by atoms with Gasteiger partial charge in [-0.1, -0.05) is 30.3 Å². The summed E-state index contributed by atoms with van der Waals surface area (Å²) in [5, 5.41) is 0. The van der Waals surface area contributed by atoms with E-state index in [9.17, 15) is 13.6 Å². The zero-order chi connectivity index (χ0) is 14.6. The van der Waals surface area contributed by atoms with Gasteiger partial charge in [0.25, 0.3) is 0 Å². The Labute approximate surface area is 117 Å². The van der Waals surface area contributed by atoms with Crippen LogP contribution in [0.15, 0.2) is 30.3 Å². The van der Waals surface area contributed by atoms with Crippen molar-refractivity contribution in [3.63, 3.8) is 0 Å². The molecular weight excluding hydrogens is 264 g/mol. The third kappa shape index (κ3) is 3.92. The van der Waals surface area contributed by atoms with Crippen LogP contribution in [0.1, 0.15) is 25.3 Å². The molecule has 0 N–H and O–H groups in total. The maximum absolute atomic E-state index is 12.8.